The highest BCUT2D eigenvalue weighted by Crippen LogP contribution is 2.25. The second-order valence-corrected chi connectivity index (χ2v) is 7.45. The monoisotopic (exact) mass is 353 g/mol. The van der Waals surface area contributed by atoms with E-state index in [9.17, 15) is 13.2 Å². The maximum Gasteiger partial charge on any atom is 0.277 e. The highest BCUT2D eigenvalue weighted by atomic mass is 32.2. The lowest BCUT2D eigenvalue weighted by Crippen LogP contribution is -2.41. The smallest absolute Gasteiger partial charge is 0.277 e. The first-order valence-electron chi connectivity index (χ1n) is 7.70. The lowest BCUT2D eigenvalue weighted by atomic mass is 10.1. The molecule has 0 aliphatic rings. The number of hydrogen-bond donors (Lipinski definition) is 3. The Morgan fingerprint density at radius 1 is 1.29 bits per heavy atom. The molecule has 0 saturated heterocycles. The summed E-state index contributed by atoms with van der Waals surface area (Å²) in [6, 6.07) is 5.31. The summed E-state index contributed by atoms with van der Waals surface area (Å²) < 4.78 is 33.6. The molecule has 2 aromatic rings. The normalized spacial score (nSPS) is 12.0. The quantitative estimate of drug-likeness (QED) is 0.697. The Balaban J connectivity index is 2.23. The Bertz CT molecular complexity index is 888. The molecule has 7 nitrogen and oxygen atoms in total. The Morgan fingerprint density at radius 3 is 2.62 bits per heavy atom. The van der Waals surface area contributed by atoms with E-state index in [0.29, 0.717) is 23.3 Å². The second kappa shape index (κ2) is 7.33. The van der Waals surface area contributed by atoms with Gasteiger partial charge in [-0.1, -0.05) is 6.07 Å². The third kappa shape index (κ3) is 4.34. The third-order valence-electron chi connectivity index (χ3n) is 3.57. The minimum atomic E-state index is -3.56. The predicted octanol–water partition coefficient (Wildman–Crippen LogP) is 1.22. The van der Waals surface area contributed by atoms with Crippen molar-refractivity contribution in [3.63, 3.8) is 0 Å². The van der Waals surface area contributed by atoms with Gasteiger partial charge in [0.15, 0.2) is 0 Å². The number of aryl methyl sites for hydroxylation is 1. The van der Waals surface area contributed by atoms with Crippen molar-refractivity contribution in [2.75, 3.05) is 13.7 Å². The number of methoxy groups -OCH3 is 1. The molecule has 24 heavy (non-hydrogen) atoms. The third-order valence-corrected chi connectivity index (χ3v) is 4.94. The van der Waals surface area contributed by atoms with Crippen LogP contribution in [0, 0.1) is 6.92 Å². The van der Waals surface area contributed by atoms with E-state index in [0.717, 1.165) is 10.9 Å². The van der Waals surface area contributed by atoms with Gasteiger partial charge in [-0.05, 0) is 44.9 Å². The van der Waals surface area contributed by atoms with E-state index in [1.807, 2.05) is 13.0 Å². The van der Waals surface area contributed by atoms with E-state index in [2.05, 4.69) is 14.4 Å². The Morgan fingerprint density at radius 2 is 2.00 bits per heavy atom. The van der Waals surface area contributed by atoms with Crippen LogP contribution in [-0.4, -0.2) is 33.1 Å². The molecule has 1 aromatic heterocycles. The predicted molar refractivity (Wildman–Crippen MR) is 94.8 cm³/mol. The fourth-order valence-corrected chi connectivity index (χ4v) is 3.55. The number of benzene rings is 1. The topological polar surface area (TPSA) is 100 Å². The largest absolute Gasteiger partial charge is 0.495 e. The molecule has 0 aliphatic heterocycles. The minimum absolute atomic E-state index is 0.139. The van der Waals surface area contributed by atoms with Crippen molar-refractivity contribution in [2.24, 2.45) is 0 Å². The highest BCUT2D eigenvalue weighted by Gasteiger charge is 2.12. The molecule has 0 saturated carbocycles. The Hall–Kier alpha value is -1.90. The van der Waals surface area contributed by atoms with Crippen molar-refractivity contribution in [3.05, 3.63) is 39.7 Å². The summed E-state index contributed by atoms with van der Waals surface area (Å²) >= 11 is 0. The van der Waals surface area contributed by atoms with Gasteiger partial charge in [0.05, 0.1) is 12.6 Å². The van der Waals surface area contributed by atoms with E-state index in [4.69, 9.17) is 4.74 Å². The number of fused-ring (bicyclic) bond motifs is 1. The molecule has 0 radical (unpaired) electrons. The SMILES string of the molecule is COc1ccc(C)c2cc(CCNS(=O)(=O)NC(C)C)c(=O)[nH]c12. The molecule has 0 bridgehead atoms. The number of nitrogens with one attached hydrogen (secondary N) is 3. The number of rotatable bonds is 7. The molecule has 0 unspecified atom stereocenters. The van der Waals surface area contributed by atoms with Gasteiger partial charge in [0.25, 0.3) is 15.8 Å². The summed E-state index contributed by atoms with van der Waals surface area (Å²) in [5, 5.41) is 0.882. The second-order valence-electron chi connectivity index (χ2n) is 5.92. The lowest BCUT2D eigenvalue weighted by Gasteiger charge is -2.11. The van der Waals surface area contributed by atoms with Crippen LogP contribution in [0.3, 0.4) is 0 Å². The van der Waals surface area contributed by atoms with Crippen molar-refractivity contribution < 1.29 is 13.2 Å². The van der Waals surface area contributed by atoms with Crippen LogP contribution in [0.2, 0.25) is 0 Å². The van der Waals surface area contributed by atoms with Crippen LogP contribution in [0.4, 0.5) is 0 Å². The van der Waals surface area contributed by atoms with Crippen molar-refractivity contribution in [1.29, 1.82) is 0 Å². The van der Waals surface area contributed by atoms with Gasteiger partial charge in [-0.15, -0.1) is 0 Å². The lowest BCUT2D eigenvalue weighted by molar-refractivity contribution is 0.418. The van der Waals surface area contributed by atoms with E-state index in [-0.39, 0.29) is 18.1 Å². The molecule has 1 aromatic carbocycles. The van der Waals surface area contributed by atoms with E-state index in [1.54, 1.807) is 33.1 Å². The number of ether oxygens (including phenoxy) is 1. The average Bonchev–Trinajstić information content (AvgIpc) is 2.47. The molecule has 3 N–H and O–H groups in total. The average molecular weight is 353 g/mol. The van der Waals surface area contributed by atoms with E-state index in [1.165, 1.54) is 0 Å². The number of aromatic amines is 1. The van der Waals surface area contributed by atoms with Crippen LogP contribution in [0.1, 0.15) is 25.0 Å². The van der Waals surface area contributed by atoms with Gasteiger partial charge in [-0.3, -0.25) is 4.79 Å². The van der Waals surface area contributed by atoms with E-state index >= 15 is 0 Å². The first-order valence-corrected chi connectivity index (χ1v) is 9.18. The van der Waals surface area contributed by atoms with Gasteiger partial charge >= 0.3 is 0 Å². The number of aromatic nitrogens is 1. The van der Waals surface area contributed by atoms with E-state index < -0.39 is 10.2 Å². The number of H-pyrrole nitrogens is 1. The molecule has 1 heterocycles. The Labute approximate surface area is 141 Å². The van der Waals surface area contributed by atoms with Crippen molar-refractivity contribution in [2.45, 2.75) is 33.2 Å². The summed E-state index contributed by atoms with van der Waals surface area (Å²) in [5.41, 5.74) is 1.92. The summed E-state index contributed by atoms with van der Waals surface area (Å²) in [6.45, 7) is 5.56. The first-order chi connectivity index (χ1) is 11.2. The fourth-order valence-electron chi connectivity index (χ4n) is 2.48. The standard InChI is InChI=1S/C16H23N3O4S/c1-10(2)19-24(21,22)17-8-7-12-9-13-11(3)5-6-14(23-4)15(13)18-16(12)20/h5-6,9-10,17,19H,7-8H2,1-4H3,(H,18,20). The van der Waals surface area contributed by atoms with Gasteiger partial charge in [0.2, 0.25) is 0 Å². The molecule has 0 atom stereocenters. The first kappa shape index (κ1) is 18.4. The maximum absolute atomic E-state index is 12.2. The maximum atomic E-state index is 12.2. The van der Waals surface area contributed by atoms with Crippen LogP contribution in [-0.2, 0) is 16.6 Å². The summed E-state index contributed by atoms with van der Waals surface area (Å²) in [6.07, 6.45) is 0.293. The highest BCUT2D eigenvalue weighted by molar-refractivity contribution is 7.87. The Kier molecular flexibility index (Phi) is 5.63. The van der Waals surface area contributed by atoms with Gasteiger partial charge < -0.3 is 9.72 Å². The summed E-state index contributed by atoms with van der Waals surface area (Å²) in [4.78, 5) is 15.1. The molecule has 0 amide bonds. The van der Waals surface area contributed by atoms with Gasteiger partial charge in [0.1, 0.15) is 5.75 Å². The molecule has 0 fully saturated rings. The molecular formula is C16H23N3O4S. The molecule has 0 spiro atoms. The fraction of sp³-hybridized carbons (Fsp3) is 0.438. The van der Waals surface area contributed by atoms with Gasteiger partial charge in [-0.2, -0.15) is 13.1 Å². The van der Waals surface area contributed by atoms with Crippen LogP contribution in [0.5, 0.6) is 5.75 Å². The molecule has 0 aliphatic carbocycles. The van der Waals surface area contributed by atoms with Gasteiger partial charge in [0, 0.05) is 23.5 Å². The van der Waals surface area contributed by atoms with Crippen LogP contribution in [0.25, 0.3) is 10.9 Å². The summed E-state index contributed by atoms with van der Waals surface area (Å²) in [7, 11) is -2.01. The summed E-state index contributed by atoms with van der Waals surface area (Å²) in [5.74, 6) is 0.598. The van der Waals surface area contributed by atoms with Gasteiger partial charge in [-0.25, -0.2) is 4.72 Å². The van der Waals surface area contributed by atoms with Crippen molar-refractivity contribution >= 4 is 21.1 Å². The molecule has 132 valence electrons. The zero-order chi connectivity index (χ0) is 17.9. The number of hydrogen-bond acceptors (Lipinski definition) is 4. The molecule has 8 heteroatoms. The molecule has 2 rings (SSSR count). The minimum Gasteiger partial charge on any atom is -0.495 e. The molecular weight excluding hydrogens is 330 g/mol. The number of pyridine rings is 1. The van der Waals surface area contributed by atoms with Crippen LogP contribution < -0.4 is 19.7 Å². The van der Waals surface area contributed by atoms with Crippen molar-refractivity contribution in [3.8, 4) is 5.75 Å². The van der Waals surface area contributed by atoms with Crippen molar-refractivity contribution in [1.82, 2.24) is 14.4 Å². The zero-order valence-corrected chi connectivity index (χ0v) is 15.1. The van der Waals surface area contributed by atoms with Crippen LogP contribution >= 0.6 is 0 Å². The van der Waals surface area contributed by atoms with Crippen LogP contribution in [0.15, 0.2) is 23.0 Å². The zero-order valence-electron chi connectivity index (χ0n) is 14.3.